The Labute approximate surface area is 155 Å². The molecule has 1 aromatic carbocycles. The summed E-state index contributed by atoms with van der Waals surface area (Å²) in [6.07, 6.45) is 1.77. The molecule has 1 N–H and O–H groups in total. The van der Waals surface area contributed by atoms with Crippen molar-refractivity contribution in [2.75, 3.05) is 6.54 Å². The lowest BCUT2D eigenvalue weighted by atomic mass is 10.1. The number of nitrogens with one attached hydrogen (secondary N) is 1. The number of amides is 1. The monoisotopic (exact) mass is 365 g/mol. The molecule has 1 amide bonds. The summed E-state index contributed by atoms with van der Waals surface area (Å²) in [6.45, 7) is 0.471. The van der Waals surface area contributed by atoms with Crippen molar-refractivity contribution in [1.82, 2.24) is 15.1 Å². The quantitative estimate of drug-likeness (QED) is 0.618. The SMILES string of the molecule is O=C(CCC(=O)c1ccccc1)NCCn1nc(-c2ccco2)ccc1=O. The fourth-order valence-corrected chi connectivity index (χ4v) is 2.55. The Morgan fingerprint density at radius 1 is 1.00 bits per heavy atom. The number of benzene rings is 1. The Bertz CT molecular complexity index is 962. The molecule has 0 unspecified atom stereocenters. The second kappa shape index (κ2) is 8.75. The fraction of sp³-hybridized carbons (Fsp3) is 0.200. The van der Waals surface area contributed by atoms with Crippen LogP contribution in [0, 0.1) is 0 Å². The zero-order valence-electron chi connectivity index (χ0n) is 14.6. The van der Waals surface area contributed by atoms with E-state index in [9.17, 15) is 14.4 Å². The minimum Gasteiger partial charge on any atom is -0.463 e. The molecule has 0 radical (unpaired) electrons. The molecule has 3 rings (SSSR count). The van der Waals surface area contributed by atoms with Crippen LogP contribution in [-0.2, 0) is 11.3 Å². The maximum atomic E-state index is 12.0. The molecule has 2 aromatic heterocycles. The van der Waals surface area contributed by atoms with E-state index in [1.165, 1.54) is 17.0 Å². The van der Waals surface area contributed by atoms with Gasteiger partial charge >= 0.3 is 0 Å². The van der Waals surface area contributed by atoms with Crippen LogP contribution in [-0.4, -0.2) is 28.0 Å². The van der Waals surface area contributed by atoms with Gasteiger partial charge in [0.05, 0.1) is 12.8 Å². The molecule has 0 atom stereocenters. The zero-order valence-corrected chi connectivity index (χ0v) is 14.6. The summed E-state index contributed by atoms with van der Waals surface area (Å²) < 4.78 is 6.54. The average Bonchev–Trinajstić information content (AvgIpc) is 3.23. The Morgan fingerprint density at radius 2 is 1.81 bits per heavy atom. The number of carbonyl (C=O) groups is 2. The van der Waals surface area contributed by atoms with Gasteiger partial charge in [-0.1, -0.05) is 30.3 Å². The average molecular weight is 365 g/mol. The van der Waals surface area contributed by atoms with E-state index in [0.29, 0.717) is 17.0 Å². The van der Waals surface area contributed by atoms with Gasteiger partial charge in [0.15, 0.2) is 11.5 Å². The van der Waals surface area contributed by atoms with Crippen LogP contribution in [0.2, 0.25) is 0 Å². The normalized spacial score (nSPS) is 10.5. The molecule has 0 saturated heterocycles. The molecular formula is C20H19N3O4. The molecule has 0 aliphatic heterocycles. The van der Waals surface area contributed by atoms with E-state index in [1.807, 2.05) is 6.07 Å². The third-order valence-corrected chi connectivity index (χ3v) is 3.96. The first-order valence-corrected chi connectivity index (χ1v) is 8.60. The van der Waals surface area contributed by atoms with Crippen LogP contribution in [0.4, 0.5) is 0 Å². The first-order valence-electron chi connectivity index (χ1n) is 8.60. The van der Waals surface area contributed by atoms with Gasteiger partial charge in [-0.15, -0.1) is 0 Å². The molecule has 0 aliphatic carbocycles. The number of hydrogen-bond donors (Lipinski definition) is 1. The topological polar surface area (TPSA) is 94.2 Å². The maximum absolute atomic E-state index is 12.0. The molecule has 3 aromatic rings. The van der Waals surface area contributed by atoms with Crippen LogP contribution in [0.1, 0.15) is 23.2 Å². The lowest BCUT2D eigenvalue weighted by molar-refractivity contribution is -0.121. The number of ketones is 1. The molecule has 27 heavy (non-hydrogen) atoms. The van der Waals surface area contributed by atoms with Crippen molar-refractivity contribution < 1.29 is 14.0 Å². The smallest absolute Gasteiger partial charge is 0.266 e. The van der Waals surface area contributed by atoms with Gasteiger partial charge in [0.25, 0.3) is 5.56 Å². The highest BCUT2D eigenvalue weighted by Gasteiger charge is 2.09. The molecular weight excluding hydrogens is 346 g/mol. The third kappa shape index (κ3) is 5.01. The zero-order chi connectivity index (χ0) is 19.1. The van der Waals surface area contributed by atoms with Crippen molar-refractivity contribution in [3.63, 3.8) is 0 Å². The van der Waals surface area contributed by atoms with Crippen LogP contribution >= 0.6 is 0 Å². The molecule has 0 spiro atoms. The lowest BCUT2D eigenvalue weighted by Gasteiger charge is -2.07. The van der Waals surface area contributed by atoms with Crippen molar-refractivity contribution in [3.05, 3.63) is 76.8 Å². The Morgan fingerprint density at radius 3 is 2.56 bits per heavy atom. The van der Waals surface area contributed by atoms with Gasteiger partial charge in [0, 0.05) is 31.0 Å². The largest absolute Gasteiger partial charge is 0.463 e. The number of Topliss-reactive ketones (excluding diaryl/α,β-unsaturated/α-hetero) is 1. The Hall–Kier alpha value is -3.48. The van der Waals surface area contributed by atoms with E-state index >= 15 is 0 Å². The Balaban J connectivity index is 1.48. The molecule has 0 aliphatic rings. The van der Waals surface area contributed by atoms with E-state index in [0.717, 1.165) is 0 Å². The summed E-state index contributed by atoms with van der Waals surface area (Å²) in [4.78, 5) is 35.8. The molecule has 7 nitrogen and oxygen atoms in total. The van der Waals surface area contributed by atoms with Crippen LogP contribution in [0.25, 0.3) is 11.5 Å². The van der Waals surface area contributed by atoms with Gasteiger partial charge in [-0.25, -0.2) is 4.68 Å². The molecule has 7 heteroatoms. The first kappa shape index (κ1) is 18.3. The summed E-state index contributed by atoms with van der Waals surface area (Å²) in [6, 6.07) is 15.3. The minimum absolute atomic E-state index is 0.0743. The van der Waals surface area contributed by atoms with Gasteiger partial charge in [0.1, 0.15) is 5.69 Å². The van der Waals surface area contributed by atoms with Crippen molar-refractivity contribution in [1.29, 1.82) is 0 Å². The minimum atomic E-state index is -0.265. The van der Waals surface area contributed by atoms with E-state index in [4.69, 9.17) is 4.42 Å². The summed E-state index contributed by atoms with van der Waals surface area (Å²) >= 11 is 0. The van der Waals surface area contributed by atoms with Crippen LogP contribution in [0.5, 0.6) is 0 Å². The second-order valence-corrected chi connectivity index (χ2v) is 5.90. The number of carbonyl (C=O) groups excluding carboxylic acids is 2. The summed E-state index contributed by atoms with van der Waals surface area (Å²) in [5, 5.41) is 6.94. The van der Waals surface area contributed by atoms with E-state index in [2.05, 4.69) is 10.4 Å². The number of rotatable bonds is 8. The summed E-state index contributed by atoms with van der Waals surface area (Å²) in [7, 11) is 0. The van der Waals surface area contributed by atoms with E-state index < -0.39 is 0 Å². The molecule has 2 heterocycles. The number of aromatic nitrogens is 2. The van der Waals surface area contributed by atoms with Crippen molar-refractivity contribution in [2.45, 2.75) is 19.4 Å². The molecule has 0 bridgehead atoms. The van der Waals surface area contributed by atoms with Crippen molar-refractivity contribution in [2.24, 2.45) is 0 Å². The fourth-order valence-electron chi connectivity index (χ4n) is 2.55. The molecule has 0 saturated carbocycles. The van der Waals surface area contributed by atoms with Crippen LogP contribution < -0.4 is 10.9 Å². The van der Waals surface area contributed by atoms with Crippen LogP contribution in [0.15, 0.2) is 70.1 Å². The maximum Gasteiger partial charge on any atom is 0.266 e. The Kier molecular flexibility index (Phi) is 5.94. The third-order valence-electron chi connectivity index (χ3n) is 3.96. The number of furan rings is 1. The predicted molar refractivity (Wildman–Crippen MR) is 99.2 cm³/mol. The van der Waals surface area contributed by atoms with Gasteiger partial charge < -0.3 is 9.73 Å². The highest BCUT2D eigenvalue weighted by molar-refractivity contribution is 5.97. The van der Waals surface area contributed by atoms with E-state index in [-0.39, 0.29) is 43.2 Å². The summed E-state index contributed by atoms with van der Waals surface area (Å²) in [5.74, 6) is 0.247. The molecule has 0 fully saturated rings. The van der Waals surface area contributed by atoms with Crippen LogP contribution in [0.3, 0.4) is 0 Å². The number of nitrogens with zero attached hydrogens (tertiary/aromatic N) is 2. The lowest BCUT2D eigenvalue weighted by Crippen LogP contribution is -2.32. The van der Waals surface area contributed by atoms with Gasteiger partial charge in [-0.3, -0.25) is 14.4 Å². The van der Waals surface area contributed by atoms with Gasteiger partial charge in [0.2, 0.25) is 5.91 Å². The highest BCUT2D eigenvalue weighted by atomic mass is 16.3. The highest BCUT2D eigenvalue weighted by Crippen LogP contribution is 2.14. The predicted octanol–water partition coefficient (Wildman–Crippen LogP) is 2.28. The summed E-state index contributed by atoms with van der Waals surface area (Å²) in [5.41, 5.74) is 0.869. The standard InChI is InChI=1S/C20H19N3O4/c24-17(15-5-2-1-3-6-15)9-10-19(25)21-12-13-23-20(26)11-8-16(22-23)18-7-4-14-27-18/h1-8,11,14H,9-10,12-13H2,(H,21,25). The van der Waals surface area contributed by atoms with E-state index in [1.54, 1.807) is 42.5 Å². The van der Waals surface area contributed by atoms with Gasteiger partial charge in [-0.2, -0.15) is 5.10 Å². The van der Waals surface area contributed by atoms with Crippen molar-refractivity contribution >= 4 is 11.7 Å². The molecule has 138 valence electrons. The first-order chi connectivity index (χ1) is 13.1. The van der Waals surface area contributed by atoms with Gasteiger partial charge in [-0.05, 0) is 18.2 Å². The second-order valence-electron chi connectivity index (χ2n) is 5.90. The van der Waals surface area contributed by atoms with Crippen molar-refractivity contribution in [3.8, 4) is 11.5 Å². The number of hydrogen-bond acceptors (Lipinski definition) is 5.